The highest BCUT2D eigenvalue weighted by atomic mass is 16.5. The van der Waals surface area contributed by atoms with E-state index in [2.05, 4.69) is 44.5 Å². The fraction of sp³-hybridized carbons (Fsp3) is 0.500. The Kier molecular flexibility index (Phi) is 7.91. The molecule has 0 bridgehead atoms. The molecule has 8 nitrogen and oxygen atoms in total. The highest BCUT2D eigenvalue weighted by Crippen LogP contribution is 2.35. The highest BCUT2D eigenvalue weighted by molar-refractivity contribution is 6.07. The van der Waals surface area contributed by atoms with Gasteiger partial charge in [0.2, 0.25) is 0 Å². The second kappa shape index (κ2) is 11.7. The maximum absolute atomic E-state index is 13.7. The number of hydrogen-bond donors (Lipinski definition) is 3. The third-order valence-electron chi connectivity index (χ3n) is 8.82. The first-order valence-corrected chi connectivity index (χ1v) is 14.8. The van der Waals surface area contributed by atoms with Crippen molar-refractivity contribution < 1.29 is 14.6 Å². The Labute approximate surface area is 236 Å². The molecule has 3 N–H and O–H groups in total. The molecule has 6 rings (SSSR count). The van der Waals surface area contributed by atoms with Crippen molar-refractivity contribution in [3.8, 4) is 0 Å². The summed E-state index contributed by atoms with van der Waals surface area (Å²) in [6, 6.07) is 4.60. The van der Waals surface area contributed by atoms with Crippen molar-refractivity contribution in [2.75, 3.05) is 39.4 Å². The summed E-state index contributed by atoms with van der Waals surface area (Å²) in [7, 11) is 0. The average molecular weight is 544 g/mol. The Bertz CT molecular complexity index is 1390. The number of benzene rings is 1. The Morgan fingerprint density at radius 3 is 2.73 bits per heavy atom. The minimum absolute atomic E-state index is 0.151. The van der Waals surface area contributed by atoms with Crippen molar-refractivity contribution in [2.45, 2.75) is 58.2 Å². The highest BCUT2D eigenvalue weighted by Gasteiger charge is 2.24. The average Bonchev–Trinajstić information content (AvgIpc) is 3.63. The van der Waals surface area contributed by atoms with Gasteiger partial charge in [-0.15, -0.1) is 0 Å². The second-order valence-electron chi connectivity index (χ2n) is 11.7. The summed E-state index contributed by atoms with van der Waals surface area (Å²) in [5.41, 5.74) is 6.51. The summed E-state index contributed by atoms with van der Waals surface area (Å²) in [5.74, 6) is 0.337. The van der Waals surface area contributed by atoms with Crippen LogP contribution in [0.5, 0.6) is 0 Å². The summed E-state index contributed by atoms with van der Waals surface area (Å²) >= 11 is 0. The summed E-state index contributed by atoms with van der Waals surface area (Å²) in [4.78, 5) is 16.2. The number of carbonyl (C=O) groups excluding carboxylic acids is 1. The number of aliphatic hydroxyl groups is 1. The predicted molar refractivity (Wildman–Crippen MR) is 158 cm³/mol. The largest absolute Gasteiger partial charge is 0.379 e. The summed E-state index contributed by atoms with van der Waals surface area (Å²) < 4.78 is 7.65. The Hall–Kier alpha value is -3.20. The van der Waals surface area contributed by atoms with Gasteiger partial charge in [0.1, 0.15) is 6.23 Å². The van der Waals surface area contributed by atoms with E-state index in [-0.39, 0.29) is 12.5 Å². The molecule has 3 heterocycles. The summed E-state index contributed by atoms with van der Waals surface area (Å²) in [6.07, 6.45) is 15.6. The van der Waals surface area contributed by atoms with E-state index >= 15 is 0 Å². The molecule has 2 aliphatic carbocycles. The van der Waals surface area contributed by atoms with E-state index in [0.29, 0.717) is 17.5 Å². The monoisotopic (exact) mass is 543 g/mol. The number of carbonyl (C=O) groups is 1. The topological polar surface area (TPSA) is 91.7 Å². The van der Waals surface area contributed by atoms with E-state index < -0.39 is 6.23 Å². The number of aromatic nitrogens is 2. The van der Waals surface area contributed by atoms with Gasteiger partial charge in [-0.3, -0.25) is 14.4 Å². The lowest BCUT2D eigenvalue weighted by Crippen LogP contribution is -2.39. The Morgan fingerprint density at radius 2 is 2.00 bits per heavy atom. The van der Waals surface area contributed by atoms with E-state index in [0.717, 1.165) is 91.0 Å². The second-order valence-corrected chi connectivity index (χ2v) is 11.7. The van der Waals surface area contributed by atoms with Crippen LogP contribution in [0, 0.1) is 5.92 Å². The maximum Gasteiger partial charge on any atom is 0.252 e. The van der Waals surface area contributed by atoms with Gasteiger partial charge >= 0.3 is 0 Å². The first kappa shape index (κ1) is 27.0. The smallest absolute Gasteiger partial charge is 0.252 e. The molecule has 0 spiro atoms. The lowest BCUT2D eigenvalue weighted by atomic mass is 9.91. The molecule has 212 valence electrons. The van der Waals surface area contributed by atoms with Crippen LogP contribution in [0.15, 0.2) is 59.5 Å². The summed E-state index contributed by atoms with van der Waals surface area (Å²) in [6.45, 7) is 8.85. The number of aliphatic hydroxyl groups excluding tert-OH is 1. The van der Waals surface area contributed by atoms with Crippen LogP contribution in [-0.4, -0.2) is 71.3 Å². The number of dihydropyridines is 1. The van der Waals surface area contributed by atoms with Gasteiger partial charge in [-0.05, 0) is 73.9 Å². The SMILES string of the molecule is CC1=CC(C)=C(CNC(=O)c2cc(C3=CC[C@@H](CN4CCOCC4)C=C3)cc3c2cnn3C2CCCC2)C(O)N1. The molecular weight excluding hydrogens is 502 g/mol. The van der Waals surface area contributed by atoms with Gasteiger partial charge in [-0.25, -0.2) is 0 Å². The van der Waals surface area contributed by atoms with Crippen molar-refractivity contribution in [3.63, 3.8) is 0 Å². The number of amides is 1. The van der Waals surface area contributed by atoms with Crippen LogP contribution in [0.1, 0.15) is 67.9 Å². The van der Waals surface area contributed by atoms with E-state index in [9.17, 15) is 9.90 Å². The fourth-order valence-corrected chi connectivity index (χ4v) is 6.55. The van der Waals surface area contributed by atoms with Crippen LogP contribution >= 0.6 is 0 Å². The molecule has 1 amide bonds. The number of ether oxygens (including phenoxy) is 1. The molecule has 1 aromatic carbocycles. The number of allylic oxidation sites excluding steroid dienone is 6. The molecule has 1 aromatic heterocycles. The normalized spacial score (nSPS) is 24.3. The Balaban J connectivity index is 1.27. The molecule has 40 heavy (non-hydrogen) atoms. The van der Waals surface area contributed by atoms with Gasteiger partial charge in [-0.1, -0.05) is 31.1 Å². The van der Waals surface area contributed by atoms with Gasteiger partial charge in [0.25, 0.3) is 5.91 Å². The third-order valence-corrected chi connectivity index (χ3v) is 8.82. The van der Waals surface area contributed by atoms with Crippen molar-refractivity contribution >= 4 is 22.4 Å². The zero-order valence-corrected chi connectivity index (χ0v) is 23.7. The zero-order chi connectivity index (χ0) is 27.6. The molecule has 2 atom stereocenters. The Morgan fingerprint density at radius 1 is 1.20 bits per heavy atom. The zero-order valence-electron chi connectivity index (χ0n) is 23.7. The molecule has 1 saturated heterocycles. The van der Waals surface area contributed by atoms with Crippen LogP contribution in [0.3, 0.4) is 0 Å². The minimum atomic E-state index is -0.801. The molecule has 2 aliphatic heterocycles. The molecule has 8 heteroatoms. The van der Waals surface area contributed by atoms with Crippen LogP contribution in [0.2, 0.25) is 0 Å². The number of rotatable bonds is 7. The van der Waals surface area contributed by atoms with Gasteiger partial charge < -0.3 is 20.5 Å². The van der Waals surface area contributed by atoms with Crippen LogP contribution in [0.4, 0.5) is 0 Å². The first-order chi connectivity index (χ1) is 19.5. The molecular formula is C32H41N5O3. The quantitative estimate of drug-likeness (QED) is 0.482. The number of fused-ring (bicyclic) bond motifs is 1. The first-order valence-electron chi connectivity index (χ1n) is 14.8. The maximum atomic E-state index is 13.7. The van der Waals surface area contributed by atoms with Crippen molar-refractivity contribution in [1.29, 1.82) is 0 Å². The van der Waals surface area contributed by atoms with E-state index in [4.69, 9.17) is 9.84 Å². The summed E-state index contributed by atoms with van der Waals surface area (Å²) in [5, 5.41) is 22.3. The van der Waals surface area contributed by atoms with E-state index in [1.54, 1.807) is 0 Å². The number of hydrogen-bond acceptors (Lipinski definition) is 6. The van der Waals surface area contributed by atoms with Crippen LogP contribution < -0.4 is 10.6 Å². The van der Waals surface area contributed by atoms with Gasteiger partial charge in [0.05, 0.1) is 36.5 Å². The predicted octanol–water partition coefficient (Wildman–Crippen LogP) is 4.31. The van der Waals surface area contributed by atoms with E-state index in [1.807, 2.05) is 32.2 Å². The van der Waals surface area contributed by atoms with Gasteiger partial charge in [0.15, 0.2) is 0 Å². The van der Waals surface area contributed by atoms with Crippen LogP contribution in [-0.2, 0) is 4.74 Å². The lowest BCUT2D eigenvalue weighted by Gasteiger charge is -2.30. The molecule has 2 aromatic rings. The standard InChI is InChI=1S/C32H41N5O3/c1-21-15-22(2)35-32(39)28(21)18-33-31(38)27-16-25(17-30-29(27)19-34-37(30)26-5-3-4-6-26)24-9-7-23(8-10-24)20-36-11-13-40-14-12-36/h7,9-10,15-17,19,23,26,32,35,39H,3-6,8,11-14,18,20H2,1-2H3,(H,33,38)/t23-,32?/m0/s1. The lowest BCUT2D eigenvalue weighted by molar-refractivity contribution is 0.0335. The van der Waals surface area contributed by atoms with Crippen molar-refractivity contribution in [2.24, 2.45) is 5.92 Å². The van der Waals surface area contributed by atoms with E-state index in [1.165, 1.54) is 12.8 Å². The van der Waals surface area contributed by atoms with Gasteiger partial charge in [-0.2, -0.15) is 5.10 Å². The molecule has 0 radical (unpaired) electrons. The number of nitrogens with one attached hydrogen (secondary N) is 2. The number of morpholine rings is 1. The molecule has 4 aliphatic rings. The molecule has 1 saturated carbocycles. The van der Waals surface area contributed by atoms with Crippen molar-refractivity contribution in [1.82, 2.24) is 25.3 Å². The minimum Gasteiger partial charge on any atom is -0.379 e. The fourth-order valence-electron chi connectivity index (χ4n) is 6.55. The van der Waals surface area contributed by atoms with Crippen LogP contribution in [0.25, 0.3) is 16.5 Å². The van der Waals surface area contributed by atoms with Gasteiger partial charge in [0, 0.05) is 42.8 Å². The molecule has 1 unspecified atom stereocenters. The number of nitrogens with zero attached hydrogens (tertiary/aromatic N) is 3. The molecule has 2 fully saturated rings. The van der Waals surface area contributed by atoms with Crippen molar-refractivity contribution in [3.05, 3.63) is 70.6 Å². The third kappa shape index (κ3) is 5.66.